The molecule has 0 aromatic rings. The Kier molecular flexibility index (Phi) is 1.57. The van der Waals surface area contributed by atoms with Crippen molar-refractivity contribution >= 4 is 12.2 Å². The Morgan fingerprint density at radius 2 is 2.50 bits per heavy atom. The molecule has 0 amide bonds. The predicted molar refractivity (Wildman–Crippen MR) is 38.3 cm³/mol. The fourth-order valence-electron chi connectivity index (χ4n) is 0.917. The lowest BCUT2D eigenvalue weighted by atomic mass is 10.0. The Bertz CT molecular complexity index is 194. The Morgan fingerprint density at radius 3 is 2.90 bits per heavy atom. The molecule has 0 saturated heterocycles. The minimum absolute atomic E-state index is 0.0694. The number of hydrogen-bond donors (Lipinski definition) is 1. The number of aliphatic carboxylic acids is 1. The fourth-order valence-corrected chi connectivity index (χ4v) is 0.917. The van der Waals surface area contributed by atoms with Crippen molar-refractivity contribution in [3.8, 4) is 0 Å². The van der Waals surface area contributed by atoms with Crippen molar-refractivity contribution in [1.82, 2.24) is 0 Å². The minimum Gasteiger partial charge on any atom is -0.481 e. The second-order valence-electron chi connectivity index (χ2n) is 2.56. The number of aliphatic imine (C=N–C) groups is 1. The zero-order chi connectivity index (χ0) is 7.61. The van der Waals surface area contributed by atoms with Crippen LogP contribution in [0.3, 0.4) is 0 Å². The standard InChI is InChI=1S/C7H9NO2/c1-7(5-6(9)10)3-2-4-8-7/h2-4H,5H2,1H3,(H,9,10). The zero-order valence-corrected chi connectivity index (χ0v) is 5.74. The van der Waals surface area contributed by atoms with E-state index in [2.05, 4.69) is 4.99 Å². The molecular formula is C7H9NO2. The summed E-state index contributed by atoms with van der Waals surface area (Å²) in [5.74, 6) is -0.814. The molecule has 10 heavy (non-hydrogen) atoms. The van der Waals surface area contributed by atoms with Crippen LogP contribution in [-0.2, 0) is 4.79 Å². The van der Waals surface area contributed by atoms with E-state index in [1.165, 1.54) is 0 Å². The molecule has 1 heterocycles. The highest BCUT2D eigenvalue weighted by molar-refractivity contribution is 5.77. The molecule has 0 aromatic carbocycles. The quantitative estimate of drug-likeness (QED) is 0.616. The summed E-state index contributed by atoms with van der Waals surface area (Å²) in [6.07, 6.45) is 5.26. The first-order valence-electron chi connectivity index (χ1n) is 3.07. The van der Waals surface area contributed by atoms with Crippen LogP contribution in [0.5, 0.6) is 0 Å². The number of allylic oxidation sites excluding steroid dienone is 1. The summed E-state index contributed by atoms with van der Waals surface area (Å²) in [6, 6.07) is 0. The van der Waals surface area contributed by atoms with Crippen LogP contribution in [0.15, 0.2) is 17.1 Å². The van der Waals surface area contributed by atoms with Gasteiger partial charge < -0.3 is 5.11 Å². The molecular weight excluding hydrogens is 130 g/mol. The molecule has 0 spiro atoms. The number of carboxylic acids is 1. The Balaban J connectivity index is 2.62. The molecule has 1 aliphatic heterocycles. The van der Waals surface area contributed by atoms with Crippen LogP contribution in [0.4, 0.5) is 0 Å². The van der Waals surface area contributed by atoms with Gasteiger partial charge in [0.25, 0.3) is 0 Å². The van der Waals surface area contributed by atoms with Gasteiger partial charge in [0.2, 0.25) is 0 Å². The number of rotatable bonds is 2. The summed E-state index contributed by atoms with van der Waals surface area (Å²) in [6.45, 7) is 1.79. The lowest BCUT2D eigenvalue weighted by molar-refractivity contribution is -0.137. The maximum absolute atomic E-state index is 10.3. The van der Waals surface area contributed by atoms with Gasteiger partial charge in [-0.2, -0.15) is 0 Å². The molecule has 0 aliphatic carbocycles. The summed E-state index contributed by atoms with van der Waals surface area (Å²) >= 11 is 0. The Labute approximate surface area is 59.1 Å². The first kappa shape index (κ1) is 6.99. The number of carbonyl (C=O) groups is 1. The van der Waals surface area contributed by atoms with E-state index in [4.69, 9.17) is 5.11 Å². The highest BCUT2D eigenvalue weighted by Crippen LogP contribution is 2.19. The van der Waals surface area contributed by atoms with Crippen LogP contribution in [0.25, 0.3) is 0 Å². The van der Waals surface area contributed by atoms with Gasteiger partial charge in [-0.15, -0.1) is 0 Å². The normalized spacial score (nSPS) is 29.3. The lowest BCUT2D eigenvalue weighted by Crippen LogP contribution is -2.20. The first-order chi connectivity index (χ1) is 4.62. The summed E-state index contributed by atoms with van der Waals surface area (Å²) in [5.41, 5.74) is -0.494. The largest absolute Gasteiger partial charge is 0.481 e. The molecule has 0 bridgehead atoms. The molecule has 1 unspecified atom stereocenters. The van der Waals surface area contributed by atoms with Crippen LogP contribution in [0, 0.1) is 0 Å². The van der Waals surface area contributed by atoms with Crippen molar-refractivity contribution in [1.29, 1.82) is 0 Å². The third kappa shape index (κ3) is 1.43. The predicted octanol–water partition coefficient (Wildman–Crippen LogP) is 0.860. The van der Waals surface area contributed by atoms with Gasteiger partial charge in [0.05, 0.1) is 12.0 Å². The van der Waals surface area contributed by atoms with Gasteiger partial charge >= 0.3 is 5.97 Å². The zero-order valence-electron chi connectivity index (χ0n) is 5.74. The molecule has 3 nitrogen and oxygen atoms in total. The second-order valence-corrected chi connectivity index (χ2v) is 2.56. The van der Waals surface area contributed by atoms with Gasteiger partial charge in [0.1, 0.15) is 0 Å². The van der Waals surface area contributed by atoms with Crippen molar-refractivity contribution in [2.75, 3.05) is 0 Å². The second kappa shape index (κ2) is 2.25. The number of carboxylic acid groups (broad SMARTS) is 1. The Morgan fingerprint density at radius 1 is 1.80 bits per heavy atom. The van der Waals surface area contributed by atoms with Gasteiger partial charge in [0, 0.05) is 6.21 Å². The van der Waals surface area contributed by atoms with E-state index in [-0.39, 0.29) is 6.42 Å². The average Bonchev–Trinajstić information content (AvgIpc) is 2.12. The summed E-state index contributed by atoms with van der Waals surface area (Å²) in [7, 11) is 0. The highest BCUT2D eigenvalue weighted by atomic mass is 16.4. The van der Waals surface area contributed by atoms with Crippen LogP contribution < -0.4 is 0 Å². The monoisotopic (exact) mass is 139 g/mol. The number of hydrogen-bond acceptors (Lipinski definition) is 2. The smallest absolute Gasteiger partial charge is 0.306 e. The highest BCUT2D eigenvalue weighted by Gasteiger charge is 2.24. The van der Waals surface area contributed by atoms with E-state index in [1.807, 2.05) is 0 Å². The van der Waals surface area contributed by atoms with E-state index in [0.717, 1.165) is 0 Å². The molecule has 1 aliphatic rings. The Hall–Kier alpha value is -1.12. The molecule has 1 rings (SSSR count). The molecule has 0 radical (unpaired) electrons. The van der Waals surface area contributed by atoms with Crippen LogP contribution >= 0.6 is 0 Å². The van der Waals surface area contributed by atoms with E-state index in [9.17, 15) is 4.79 Å². The maximum atomic E-state index is 10.3. The van der Waals surface area contributed by atoms with E-state index in [1.54, 1.807) is 25.3 Å². The molecule has 0 saturated carbocycles. The molecule has 3 heteroatoms. The average molecular weight is 139 g/mol. The van der Waals surface area contributed by atoms with Crippen molar-refractivity contribution in [2.24, 2.45) is 4.99 Å². The van der Waals surface area contributed by atoms with Crippen molar-refractivity contribution < 1.29 is 9.90 Å². The maximum Gasteiger partial charge on any atom is 0.306 e. The van der Waals surface area contributed by atoms with E-state index in [0.29, 0.717) is 0 Å². The van der Waals surface area contributed by atoms with Gasteiger partial charge in [-0.25, -0.2) is 0 Å². The van der Waals surface area contributed by atoms with Crippen molar-refractivity contribution in [3.63, 3.8) is 0 Å². The van der Waals surface area contributed by atoms with Crippen LogP contribution in [-0.4, -0.2) is 22.8 Å². The summed E-state index contributed by atoms with van der Waals surface area (Å²) < 4.78 is 0. The molecule has 1 N–H and O–H groups in total. The van der Waals surface area contributed by atoms with Gasteiger partial charge in [0.15, 0.2) is 0 Å². The van der Waals surface area contributed by atoms with E-state index < -0.39 is 11.5 Å². The van der Waals surface area contributed by atoms with Crippen LogP contribution in [0.1, 0.15) is 13.3 Å². The van der Waals surface area contributed by atoms with Crippen LogP contribution in [0.2, 0.25) is 0 Å². The molecule has 0 fully saturated rings. The van der Waals surface area contributed by atoms with Gasteiger partial charge in [-0.1, -0.05) is 6.08 Å². The molecule has 54 valence electrons. The molecule has 1 atom stereocenters. The molecule has 0 aromatic heterocycles. The van der Waals surface area contributed by atoms with E-state index >= 15 is 0 Å². The topological polar surface area (TPSA) is 49.7 Å². The third-order valence-electron chi connectivity index (χ3n) is 1.42. The first-order valence-corrected chi connectivity index (χ1v) is 3.07. The summed E-state index contributed by atoms with van der Waals surface area (Å²) in [4.78, 5) is 14.2. The van der Waals surface area contributed by atoms with Crippen molar-refractivity contribution in [2.45, 2.75) is 18.9 Å². The minimum atomic E-state index is -0.814. The van der Waals surface area contributed by atoms with Gasteiger partial charge in [-0.3, -0.25) is 9.79 Å². The van der Waals surface area contributed by atoms with Crippen molar-refractivity contribution in [3.05, 3.63) is 12.2 Å². The SMILES string of the molecule is CC1(CC(=O)O)C=CC=N1. The fraction of sp³-hybridized carbons (Fsp3) is 0.429. The lowest BCUT2D eigenvalue weighted by Gasteiger charge is -2.13. The number of nitrogens with zero attached hydrogens (tertiary/aromatic N) is 1. The van der Waals surface area contributed by atoms with Gasteiger partial charge in [-0.05, 0) is 13.0 Å². The third-order valence-corrected chi connectivity index (χ3v) is 1.42. The summed E-state index contributed by atoms with van der Waals surface area (Å²) in [5, 5.41) is 8.43.